The molecule has 2 aromatic heterocycles. The molecule has 0 aliphatic rings. The van der Waals surface area contributed by atoms with Gasteiger partial charge in [-0.1, -0.05) is 0 Å². The highest BCUT2D eigenvalue weighted by molar-refractivity contribution is 7.99. The second-order valence-corrected chi connectivity index (χ2v) is 5.87. The summed E-state index contributed by atoms with van der Waals surface area (Å²) in [6, 6.07) is 2.09. The van der Waals surface area contributed by atoms with Crippen molar-refractivity contribution >= 4 is 39.3 Å². The smallest absolute Gasteiger partial charge is 0.224 e. The van der Waals surface area contributed by atoms with E-state index in [4.69, 9.17) is 0 Å². The molecule has 0 saturated carbocycles. The summed E-state index contributed by atoms with van der Waals surface area (Å²) in [5, 5.41) is 7.31. The topological polar surface area (TPSA) is 41.1 Å². The number of nitrogens with one attached hydrogen (secondary N) is 1. The molecule has 0 fully saturated rings. The number of aromatic nitrogens is 2. The first kappa shape index (κ1) is 12.6. The minimum absolute atomic E-state index is 0.701. The molecular weight excluding hydrogens is 252 g/mol. The summed E-state index contributed by atoms with van der Waals surface area (Å²) >= 11 is 3.44. The monoisotopic (exact) mass is 268 g/mol. The van der Waals surface area contributed by atoms with Gasteiger partial charge < -0.3 is 10.2 Å². The first-order chi connectivity index (χ1) is 8.20. The molecule has 0 aliphatic carbocycles. The molecule has 0 aromatic carbocycles. The van der Waals surface area contributed by atoms with Gasteiger partial charge in [0.1, 0.15) is 9.86 Å². The fourth-order valence-electron chi connectivity index (χ4n) is 1.37. The number of fused-ring (bicyclic) bond motifs is 1. The van der Waals surface area contributed by atoms with E-state index in [0.29, 0.717) is 5.95 Å². The van der Waals surface area contributed by atoms with Crippen LogP contribution in [0.2, 0.25) is 0 Å². The molecule has 0 bridgehead atoms. The summed E-state index contributed by atoms with van der Waals surface area (Å²) in [7, 11) is 6.02. The molecule has 2 aromatic rings. The summed E-state index contributed by atoms with van der Waals surface area (Å²) in [5.41, 5.74) is 0. The van der Waals surface area contributed by atoms with Crippen LogP contribution in [0, 0.1) is 0 Å². The molecule has 2 heterocycles. The Morgan fingerprint density at radius 1 is 1.41 bits per heavy atom. The van der Waals surface area contributed by atoms with Crippen molar-refractivity contribution in [3.05, 3.63) is 11.4 Å². The number of nitrogens with zero attached hydrogens (tertiary/aromatic N) is 3. The van der Waals surface area contributed by atoms with E-state index < -0.39 is 0 Å². The summed E-state index contributed by atoms with van der Waals surface area (Å²) in [4.78, 5) is 12.2. The van der Waals surface area contributed by atoms with Crippen molar-refractivity contribution in [1.29, 1.82) is 0 Å². The molecule has 0 atom stereocenters. The van der Waals surface area contributed by atoms with Crippen molar-refractivity contribution in [3.63, 3.8) is 0 Å². The number of thiophene rings is 1. The third-order valence-corrected chi connectivity index (χ3v) is 4.07. The standard InChI is InChI=1S/C11H16N4S2/c1-12-11-13-9-8(4-6-16-9)10(14-11)17-7-5-15(2)3/h4,6H,5,7H2,1-3H3,(H,12,13,14). The minimum atomic E-state index is 0.701. The van der Waals surface area contributed by atoms with Crippen LogP contribution in [0.1, 0.15) is 0 Å². The fourth-order valence-corrected chi connectivity index (χ4v) is 3.32. The van der Waals surface area contributed by atoms with Crippen molar-refractivity contribution in [2.24, 2.45) is 0 Å². The largest absolute Gasteiger partial charge is 0.357 e. The number of thioether (sulfide) groups is 1. The van der Waals surface area contributed by atoms with E-state index in [0.717, 1.165) is 27.5 Å². The number of hydrogen-bond acceptors (Lipinski definition) is 6. The minimum Gasteiger partial charge on any atom is -0.357 e. The molecule has 0 radical (unpaired) electrons. The first-order valence-electron chi connectivity index (χ1n) is 5.41. The van der Waals surface area contributed by atoms with Crippen LogP contribution in [-0.2, 0) is 0 Å². The lowest BCUT2D eigenvalue weighted by atomic mass is 10.4. The fraction of sp³-hybridized carbons (Fsp3) is 0.455. The zero-order chi connectivity index (χ0) is 12.3. The van der Waals surface area contributed by atoms with Crippen LogP contribution in [0.25, 0.3) is 10.2 Å². The van der Waals surface area contributed by atoms with Crippen LogP contribution >= 0.6 is 23.1 Å². The van der Waals surface area contributed by atoms with Gasteiger partial charge >= 0.3 is 0 Å². The van der Waals surface area contributed by atoms with Gasteiger partial charge in [0.25, 0.3) is 0 Å². The highest BCUT2D eigenvalue weighted by atomic mass is 32.2. The molecule has 0 unspecified atom stereocenters. The van der Waals surface area contributed by atoms with Crippen molar-refractivity contribution in [2.45, 2.75) is 5.03 Å². The predicted molar refractivity (Wildman–Crippen MR) is 76.2 cm³/mol. The van der Waals surface area contributed by atoms with Gasteiger partial charge in [0.2, 0.25) is 5.95 Å². The maximum absolute atomic E-state index is 4.52. The van der Waals surface area contributed by atoms with Crippen molar-refractivity contribution in [2.75, 3.05) is 38.8 Å². The Kier molecular flexibility index (Phi) is 4.20. The Balaban J connectivity index is 2.21. The summed E-state index contributed by atoms with van der Waals surface area (Å²) in [6.45, 7) is 1.05. The predicted octanol–water partition coefficient (Wildman–Crippen LogP) is 2.39. The third kappa shape index (κ3) is 3.08. The average molecular weight is 268 g/mol. The van der Waals surface area contributed by atoms with Crippen molar-refractivity contribution in [3.8, 4) is 0 Å². The second-order valence-electron chi connectivity index (χ2n) is 3.89. The molecule has 17 heavy (non-hydrogen) atoms. The quantitative estimate of drug-likeness (QED) is 0.666. The van der Waals surface area contributed by atoms with Crippen LogP contribution < -0.4 is 5.32 Å². The van der Waals surface area contributed by atoms with Crippen LogP contribution in [0.5, 0.6) is 0 Å². The zero-order valence-electron chi connectivity index (χ0n) is 10.2. The molecular formula is C11H16N4S2. The van der Waals surface area contributed by atoms with Gasteiger partial charge in [-0.25, -0.2) is 9.97 Å². The van der Waals surface area contributed by atoms with Gasteiger partial charge in [-0.3, -0.25) is 0 Å². The summed E-state index contributed by atoms with van der Waals surface area (Å²) in [5.74, 6) is 1.74. The van der Waals surface area contributed by atoms with E-state index in [9.17, 15) is 0 Å². The molecule has 92 valence electrons. The lowest BCUT2D eigenvalue weighted by Gasteiger charge is -2.09. The van der Waals surface area contributed by atoms with Gasteiger partial charge in [-0.05, 0) is 25.5 Å². The maximum Gasteiger partial charge on any atom is 0.224 e. The number of hydrogen-bond donors (Lipinski definition) is 1. The molecule has 1 N–H and O–H groups in total. The van der Waals surface area contributed by atoms with Crippen molar-refractivity contribution < 1.29 is 0 Å². The normalized spacial score (nSPS) is 11.3. The van der Waals surface area contributed by atoms with Gasteiger partial charge in [0.15, 0.2) is 0 Å². The molecule has 4 nitrogen and oxygen atoms in total. The van der Waals surface area contributed by atoms with E-state index >= 15 is 0 Å². The van der Waals surface area contributed by atoms with E-state index in [1.807, 2.05) is 7.05 Å². The van der Waals surface area contributed by atoms with Crippen LogP contribution in [0.4, 0.5) is 5.95 Å². The van der Waals surface area contributed by atoms with E-state index in [2.05, 4.69) is 45.7 Å². The van der Waals surface area contributed by atoms with Gasteiger partial charge in [-0.2, -0.15) is 0 Å². The van der Waals surface area contributed by atoms with E-state index in [1.54, 1.807) is 23.1 Å². The lowest BCUT2D eigenvalue weighted by Crippen LogP contribution is -2.14. The van der Waals surface area contributed by atoms with Crippen LogP contribution in [0.15, 0.2) is 16.5 Å². The Labute approximate surface area is 109 Å². The second kappa shape index (κ2) is 5.66. The van der Waals surface area contributed by atoms with Crippen LogP contribution in [-0.4, -0.2) is 48.3 Å². The highest BCUT2D eigenvalue weighted by Gasteiger charge is 2.08. The summed E-state index contributed by atoms with van der Waals surface area (Å²) < 4.78 is 0. The number of anilines is 1. The third-order valence-electron chi connectivity index (χ3n) is 2.29. The molecule has 0 spiro atoms. The molecule has 2 rings (SSSR count). The van der Waals surface area contributed by atoms with E-state index in [1.165, 1.54) is 0 Å². The molecule has 6 heteroatoms. The first-order valence-corrected chi connectivity index (χ1v) is 7.27. The Bertz CT molecular complexity index is 495. The molecule has 0 saturated heterocycles. The van der Waals surface area contributed by atoms with Gasteiger partial charge in [-0.15, -0.1) is 23.1 Å². The Morgan fingerprint density at radius 3 is 2.94 bits per heavy atom. The Hall–Kier alpha value is -0.850. The lowest BCUT2D eigenvalue weighted by molar-refractivity contribution is 0.437. The SMILES string of the molecule is CNc1nc(SCCN(C)C)c2ccsc2n1. The Morgan fingerprint density at radius 2 is 2.24 bits per heavy atom. The van der Waals surface area contributed by atoms with Crippen molar-refractivity contribution in [1.82, 2.24) is 14.9 Å². The summed E-state index contributed by atoms with van der Waals surface area (Å²) in [6.07, 6.45) is 0. The van der Waals surface area contributed by atoms with Gasteiger partial charge in [0.05, 0.1) is 0 Å². The zero-order valence-corrected chi connectivity index (χ0v) is 11.9. The average Bonchev–Trinajstić information content (AvgIpc) is 2.76. The molecule has 0 aliphatic heterocycles. The van der Waals surface area contributed by atoms with Crippen LogP contribution in [0.3, 0.4) is 0 Å². The molecule has 0 amide bonds. The van der Waals surface area contributed by atoms with Gasteiger partial charge in [0, 0.05) is 24.7 Å². The maximum atomic E-state index is 4.52. The van der Waals surface area contributed by atoms with E-state index in [-0.39, 0.29) is 0 Å². The number of rotatable bonds is 5. The highest BCUT2D eigenvalue weighted by Crippen LogP contribution is 2.29.